The van der Waals surface area contributed by atoms with Gasteiger partial charge >= 0.3 is 6.18 Å². The molecule has 0 heterocycles. The lowest BCUT2D eigenvalue weighted by Gasteiger charge is -2.18. The van der Waals surface area contributed by atoms with Crippen molar-refractivity contribution in [3.63, 3.8) is 0 Å². The third-order valence-electron chi connectivity index (χ3n) is 1.88. The summed E-state index contributed by atoms with van der Waals surface area (Å²) in [6.07, 6.45) is -5.46. The van der Waals surface area contributed by atoms with E-state index in [4.69, 9.17) is 10.9 Å². The average Bonchev–Trinajstić information content (AvgIpc) is 2.12. The summed E-state index contributed by atoms with van der Waals surface area (Å²) in [4.78, 5) is 11.3. The van der Waals surface area contributed by atoms with Crippen molar-refractivity contribution in [2.75, 3.05) is 0 Å². The van der Waals surface area contributed by atoms with E-state index < -0.39 is 30.5 Å². The van der Waals surface area contributed by atoms with E-state index in [-0.39, 0.29) is 5.84 Å². The summed E-state index contributed by atoms with van der Waals surface area (Å²) in [5.41, 5.74) is 5.14. The molecule has 0 saturated heterocycles. The number of halogens is 3. The Bertz CT molecular complexity index is 278. The molecule has 0 spiro atoms. The Morgan fingerprint density at radius 2 is 2.00 bits per heavy atom. The number of hydrogen-bond acceptors (Lipinski definition) is 3. The molecular weight excluding hydrogens is 227 g/mol. The molecule has 0 aliphatic heterocycles. The van der Waals surface area contributed by atoms with Gasteiger partial charge in [-0.25, -0.2) is 0 Å². The van der Waals surface area contributed by atoms with Gasteiger partial charge in [-0.3, -0.25) is 4.79 Å². The first kappa shape index (κ1) is 14.5. The van der Waals surface area contributed by atoms with Crippen molar-refractivity contribution < 1.29 is 23.2 Å². The van der Waals surface area contributed by atoms with Crippen LogP contribution in [-0.4, -0.2) is 29.2 Å². The number of hydrogen-bond donors (Lipinski definition) is 3. The van der Waals surface area contributed by atoms with Crippen molar-refractivity contribution in [2.45, 2.75) is 32.5 Å². The predicted octanol–water partition coefficient (Wildman–Crippen LogP) is 0.826. The monoisotopic (exact) mass is 241 g/mol. The minimum atomic E-state index is -4.34. The van der Waals surface area contributed by atoms with Crippen molar-refractivity contribution in [1.82, 2.24) is 5.32 Å². The number of carbonyl (C=O) groups is 1. The first-order valence-corrected chi connectivity index (χ1v) is 4.52. The largest absolute Gasteiger partial charge is 0.409 e. The molecule has 5 nitrogen and oxygen atoms in total. The second kappa shape index (κ2) is 5.57. The fourth-order valence-electron chi connectivity index (χ4n) is 0.987. The lowest BCUT2D eigenvalue weighted by Crippen LogP contribution is -2.42. The summed E-state index contributed by atoms with van der Waals surface area (Å²) in [6, 6.07) is -1.05. The van der Waals surface area contributed by atoms with Crippen LogP contribution in [0.5, 0.6) is 0 Å². The zero-order chi connectivity index (χ0) is 12.9. The van der Waals surface area contributed by atoms with E-state index in [1.54, 1.807) is 0 Å². The van der Waals surface area contributed by atoms with Crippen LogP contribution in [-0.2, 0) is 4.79 Å². The van der Waals surface area contributed by atoms with Crippen LogP contribution >= 0.6 is 0 Å². The number of nitrogens with one attached hydrogen (secondary N) is 1. The Morgan fingerprint density at radius 1 is 1.50 bits per heavy atom. The first-order valence-electron chi connectivity index (χ1n) is 4.52. The Hall–Kier alpha value is -1.47. The maximum Gasteiger partial charge on any atom is 0.391 e. The Morgan fingerprint density at radius 3 is 2.38 bits per heavy atom. The zero-order valence-corrected chi connectivity index (χ0v) is 8.88. The number of amides is 1. The minimum absolute atomic E-state index is 0.350. The molecule has 4 N–H and O–H groups in total. The van der Waals surface area contributed by atoms with E-state index in [9.17, 15) is 18.0 Å². The summed E-state index contributed by atoms with van der Waals surface area (Å²) in [7, 11) is 0. The number of oxime groups is 1. The van der Waals surface area contributed by atoms with Gasteiger partial charge in [-0.1, -0.05) is 5.16 Å². The van der Waals surface area contributed by atoms with Crippen LogP contribution in [0.25, 0.3) is 0 Å². The Labute approximate surface area is 90.5 Å². The summed E-state index contributed by atoms with van der Waals surface area (Å²) >= 11 is 0. The number of carbonyl (C=O) groups excluding carboxylic acids is 1. The van der Waals surface area contributed by atoms with E-state index in [0.717, 1.165) is 0 Å². The van der Waals surface area contributed by atoms with Gasteiger partial charge in [0, 0.05) is 6.04 Å². The molecule has 0 aromatic heterocycles. The third-order valence-corrected chi connectivity index (χ3v) is 1.88. The molecule has 0 rings (SSSR count). The topological polar surface area (TPSA) is 87.7 Å². The van der Waals surface area contributed by atoms with E-state index in [1.807, 2.05) is 0 Å². The van der Waals surface area contributed by atoms with Gasteiger partial charge in [0.25, 0.3) is 0 Å². The van der Waals surface area contributed by atoms with Gasteiger partial charge in [-0.2, -0.15) is 13.2 Å². The van der Waals surface area contributed by atoms with Gasteiger partial charge < -0.3 is 16.3 Å². The van der Waals surface area contributed by atoms with E-state index >= 15 is 0 Å². The Balaban J connectivity index is 4.25. The highest BCUT2D eigenvalue weighted by Gasteiger charge is 2.31. The third kappa shape index (κ3) is 5.42. The smallest absolute Gasteiger partial charge is 0.391 e. The lowest BCUT2D eigenvalue weighted by atomic mass is 10.1. The average molecular weight is 241 g/mol. The van der Waals surface area contributed by atoms with Gasteiger partial charge in [-0.15, -0.1) is 0 Å². The van der Waals surface area contributed by atoms with Crippen LogP contribution in [0.4, 0.5) is 13.2 Å². The molecule has 2 unspecified atom stereocenters. The van der Waals surface area contributed by atoms with Crippen molar-refractivity contribution in [3.05, 3.63) is 0 Å². The Kier molecular flexibility index (Phi) is 5.06. The van der Waals surface area contributed by atoms with Crippen molar-refractivity contribution in [1.29, 1.82) is 0 Å². The minimum Gasteiger partial charge on any atom is -0.409 e. The lowest BCUT2D eigenvalue weighted by molar-refractivity contribution is -0.141. The van der Waals surface area contributed by atoms with Gasteiger partial charge in [0.1, 0.15) is 0 Å². The number of alkyl halides is 3. The molecule has 0 aliphatic rings. The fraction of sp³-hybridized carbons (Fsp3) is 0.750. The number of amidine groups is 1. The normalized spacial score (nSPS) is 16.7. The molecular formula is C8H14F3N3O2. The van der Waals surface area contributed by atoms with Crippen LogP contribution in [0.15, 0.2) is 5.16 Å². The van der Waals surface area contributed by atoms with Crippen LogP contribution in [0.2, 0.25) is 0 Å². The molecule has 16 heavy (non-hydrogen) atoms. The molecule has 0 aromatic carbocycles. The maximum atomic E-state index is 11.9. The van der Waals surface area contributed by atoms with Crippen molar-refractivity contribution in [2.24, 2.45) is 16.8 Å². The molecule has 0 aliphatic carbocycles. The quantitative estimate of drug-likeness (QED) is 0.295. The van der Waals surface area contributed by atoms with E-state index in [2.05, 4.69) is 10.5 Å². The van der Waals surface area contributed by atoms with Crippen LogP contribution in [0.1, 0.15) is 20.3 Å². The van der Waals surface area contributed by atoms with Crippen LogP contribution in [0.3, 0.4) is 0 Å². The predicted molar refractivity (Wildman–Crippen MR) is 50.8 cm³/mol. The molecule has 0 bridgehead atoms. The highest BCUT2D eigenvalue weighted by atomic mass is 19.4. The first-order chi connectivity index (χ1) is 7.17. The number of nitrogens with zero attached hydrogens (tertiary/aromatic N) is 1. The molecule has 0 radical (unpaired) electrons. The molecule has 1 amide bonds. The van der Waals surface area contributed by atoms with E-state index in [0.29, 0.717) is 0 Å². The number of rotatable bonds is 4. The molecule has 0 saturated carbocycles. The van der Waals surface area contributed by atoms with Crippen LogP contribution < -0.4 is 11.1 Å². The SMILES string of the molecule is CC(CC(F)(F)F)NC(=O)C(C)C(N)=NO. The maximum absolute atomic E-state index is 11.9. The fourth-order valence-corrected chi connectivity index (χ4v) is 0.987. The van der Waals surface area contributed by atoms with Crippen molar-refractivity contribution >= 4 is 11.7 Å². The standard InChI is InChI=1S/C8H14F3N3O2/c1-4(3-8(9,10)11)13-7(15)5(2)6(12)14-16/h4-5,16H,3H2,1-2H3,(H2,12,14)(H,13,15). The van der Waals surface area contributed by atoms with E-state index in [1.165, 1.54) is 13.8 Å². The highest BCUT2D eigenvalue weighted by molar-refractivity contribution is 6.01. The zero-order valence-electron chi connectivity index (χ0n) is 8.88. The van der Waals surface area contributed by atoms with Gasteiger partial charge in [0.2, 0.25) is 5.91 Å². The molecule has 2 atom stereocenters. The highest BCUT2D eigenvalue weighted by Crippen LogP contribution is 2.21. The van der Waals surface area contributed by atoms with Crippen molar-refractivity contribution in [3.8, 4) is 0 Å². The second-order valence-electron chi connectivity index (χ2n) is 3.48. The molecule has 0 fully saturated rings. The van der Waals surface area contributed by atoms with Gasteiger partial charge in [0.15, 0.2) is 5.84 Å². The summed E-state index contributed by atoms with van der Waals surface area (Å²) < 4.78 is 35.8. The summed E-state index contributed by atoms with van der Waals surface area (Å²) in [5.74, 6) is -2.04. The molecule has 94 valence electrons. The second-order valence-corrected chi connectivity index (χ2v) is 3.48. The summed E-state index contributed by atoms with van der Waals surface area (Å²) in [6.45, 7) is 2.55. The summed E-state index contributed by atoms with van der Waals surface area (Å²) in [5, 5.41) is 13.0. The van der Waals surface area contributed by atoms with Gasteiger partial charge in [-0.05, 0) is 13.8 Å². The van der Waals surface area contributed by atoms with Crippen LogP contribution in [0, 0.1) is 5.92 Å². The van der Waals surface area contributed by atoms with Gasteiger partial charge in [0.05, 0.1) is 12.3 Å². The molecule has 8 heteroatoms. The molecule has 0 aromatic rings. The number of nitrogens with two attached hydrogens (primary N) is 1.